The van der Waals surface area contributed by atoms with E-state index in [9.17, 15) is 18.3 Å². The summed E-state index contributed by atoms with van der Waals surface area (Å²) in [6, 6.07) is 2.15. The smallest absolute Gasteiger partial charge is 0.335 e. The van der Waals surface area contributed by atoms with Gasteiger partial charge in [0.05, 0.1) is 30.2 Å². The predicted molar refractivity (Wildman–Crippen MR) is 82.6 cm³/mol. The van der Waals surface area contributed by atoms with Crippen LogP contribution < -0.4 is 9.46 Å². The molecule has 1 aliphatic rings. The SMILES string of the molecule is COc1cc(C(=O)O)cc(NS(=O)(=O)CC2CCCCO2)c1O. The van der Waals surface area contributed by atoms with Crippen LogP contribution in [-0.4, -0.2) is 50.2 Å². The van der Waals surface area contributed by atoms with Crippen LogP contribution in [0.3, 0.4) is 0 Å². The normalized spacial score (nSPS) is 18.4. The third-order valence-corrected chi connectivity index (χ3v) is 4.83. The van der Waals surface area contributed by atoms with Gasteiger partial charge < -0.3 is 19.7 Å². The molecule has 0 radical (unpaired) electrons. The number of aromatic carboxylic acids is 1. The Kier molecular flexibility index (Phi) is 5.32. The van der Waals surface area contributed by atoms with Gasteiger partial charge in [-0.1, -0.05) is 0 Å². The lowest BCUT2D eigenvalue weighted by Gasteiger charge is -2.22. The van der Waals surface area contributed by atoms with Crippen molar-refractivity contribution in [2.24, 2.45) is 0 Å². The van der Waals surface area contributed by atoms with Crippen molar-refractivity contribution in [1.82, 2.24) is 0 Å². The van der Waals surface area contributed by atoms with E-state index < -0.39 is 27.8 Å². The van der Waals surface area contributed by atoms with Gasteiger partial charge in [-0.15, -0.1) is 0 Å². The second-order valence-corrected chi connectivity index (χ2v) is 7.02. The fraction of sp³-hybridized carbons (Fsp3) is 0.500. The van der Waals surface area contributed by atoms with Crippen LogP contribution in [0, 0.1) is 0 Å². The summed E-state index contributed by atoms with van der Waals surface area (Å²) in [5.74, 6) is -2.12. The molecule has 1 fully saturated rings. The summed E-state index contributed by atoms with van der Waals surface area (Å²) in [4.78, 5) is 11.1. The maximum Gasteiger partial charge on any atom is 0.335 e. The summed E-state index contributed by atoms with van der Waals surface area (Å²) in [5, 5.41) is 19.0. The van der Waals surface area contributed by atoms with Crippen LogP contribution in [0.15, 0.2) is 12.1 Å². The number of ether oxygens (including phenoxy) is 2. The number of aromatic hydroxyl groups is 1. The molecule has 1 aromatic carbocycles. The molecule has 3 N–H and O–H groups in total. The molecule has 0 aromatic heterocycles. The number of methoxy groups -OCH3 is 1. The number of benzene rings is 1. The molecule has 1 saturated heterocycles. The molecule has 1 aliphatic heterocycles. The summed E-state index contributed by atoms with van der Waals surface area (Å²) >= 11 is 0. The Hall–Kier alpha value is -2.00. The fourth-order valence-electron chi connectivity index (χ4n) is 2.36. The van der Waals surface area contributed by atoms with Crippen molar-refractivity contribution in [3.8, 4) is 11.5 Å². The Morgan fingerprint density at radius 3 is 2.74 bits per heavy atom. The molecule has 1 heterocycles. The summed E-state index contributed by atoms with van der Waals surface area (Å²) in [7, 11) is -2.56. The highest BCUT2D eigenvalue weighted by molar-refractivity contribution is 7.92. The van der Waals surface area contributed by atoms with Gasteiger partial charge >= 0.3 is 5.97 Å². The molecule has 8 nitrogen and oxygen atoms in total. The lowest BCUT2D eigenvalue weighted by atomic mass is 10.1. The highest BCUT2D eigenvalue weighted by atomic mass is 32.2. The zero-order chi connectivity index (χ0) is 17.0. The number of carboxylic acids is 1. The van der Waals surface area contributed by atoms with Crippen molar-refractivity contribution in [1.29, 1.82) is 0 Å². The van der Waals surface area contributed by atoms with Crippen LogP contribution >= 0.6 is 0 Å². The van der Waals surface area contributed by atoms with Crippen LogP contribution in [0.5, 0.6) is 11.5 Å². The Morgan fingerprint density at radius 1 is 1.43 bits per heavy atom. The third kappa shape index (κ3) is 4.49. The number of phenolic OH excluding ortho intramolecular Hbond substituents is 1. The molecule has 0 aliphatic carbocycles. The topological polar surface area (TPSA) is 122 Å². The molecule has 128 valence electrons. The second-order valence-electron chi connectivity index (χ2n) is 5.25. The lowest BCUT2D eigenvalue weighted by molar-refractivity contribution is 0.0306. The summed E-state index contributed by atoms with van der Waals surface area (Å²) in [5.41, 5.74) is -0.441. The van der Waals surface area contributed by atoms with Crippen LogP contribution in [0.25, 0.3) is 0 Å². The van der Waals surface area contributed by atoms with E-state index in [0.717, 1.165) is 25.0 Å². The van der Waals surface area contributed by atoms with Gasteiger partial charge in [0.15, 0.2) is 11.5 Å². The largest absolute Gasteiger partial charge is 0.503 e. The molecule has 23 heavy (non-hydrogen) atoms. The Morgan fingerprint density at radius 2 is 2.17 bits per heavy atom. The molecule has 1 aromatic rings. The average molecular weight is 345 g/mol. The zero-order valence-electron chi connectivity index (χ0n) is 12.6. The van der Waals surface area contributed by atoms with Gasteiger partial charge in [-0.2, -0.15) is 0 Å². The first-order valence-corrected chi connectivity index (χ1v) is 8.74. The van der Waals surface area contributed by atoms with E-state index in [1.165, 1.54) is 7.11 Å². The number of carbonyl (C=O) groups is 1. The van der Waals surface area contributed by atoms with Crippen molar-refractivity contribution in [2.75, 3.05) is 24.2 Å². The van der Waals surface area contributed by atoms with E-state index in [-0.39, 0.29) is 22.8 Å². The van der Waals surface area contributed by atoms with Crippen molar-refractivity contribution in [3.63, 3.8) is 0 Å². The van der Waals surface area contributed by atoms with Crippen molar-refractivity contribution < 1.29 is 32.9 Å². The molecule has 0 amide bonds. The minimum absolute atomic E-state index is 0.128. The van der Waals surface area contributed by atoms with Crippen molar-refractivity contribution in [2.45, 2.75) is 25.4 Å². The molecule has 0 spiro atoms. The average Bonchev–Trinajstić information content (AvgIpc) is 2.49. The predicted octanol–water partition coefficient (Wildman–Crippen LogP) is 1.41. The first-order valence-electron chi connectivity index (χ1n) is 7.09. The van der Waals surface area contributed by atoms with E-state index in [2.05, 4.69) is 4.72 Å². The monoisotopic (exact) mass is 345 g/mol. The number of hydrogen-bond acceptors (Lipinski definition) is 6. The van der Waals surface area contributed by atoms with Gasteiger partial charge in [-0.25, -0.2) is 13.2 Å². The van der Waals surface area contributed by atoms with Crippen LogP contribution in [0.4, 0.5) is 5.69 Å². The first-order chi connectivity index (χ1) is 10.8. The molecule has 0 saturated carbocycles. The fourth-order valence-corrected chi connectivity index (χ4v) is 3.68. The van der Waals surface area contributed by atoms with Gasteiger partial charge in [-0.3, -0.25) is 4.72 Å². The zero-order valence-corrected chi connectivity index (χ0v) is 13.4. The third-order valence-electron chi connectivity index (χ3n) is 3.49. The standard InChI is InChI=1S/C14H19NO7S/c1-21-12-7-9(14(17)18)6-11(13(12)16)15-23(19,20)8-10-4-2-3-5-22-10/h6-7,10,15-16H,2-5,8H2,1H3,(H,17,18). The number of anilines is 1. The molecule has 0 bridgehead atoms. The number of sulfonamides is 1. The molecular weight excluding hydrogens is 326 g/mol. The molecule has 2 rings (SSSR count). The van der Waals surface area contributed by atoms with Crippen molar-refractivity contribution >= 4 is 21.7 Å². The number of rotatable bonds is 6. The van der Waals surface area contributed by atoms with Gasteiger partial charge in [0.1, 0.15) is 0 Å². The van der Waals surface area contributed by atoms with Gasteiger partial charge in [0.25, 0.3) is 0 Å². The summed E-state index contributed by atoms with van der Waals surface area (Å²) in [6.45, 7) is 0.522. The van der Waals surface area contributed by atoms with E-state index in [1.807, 2.05) is 0 Å². The summed E-state index contributed by atoms with van der Waals surface area (Å²) in [6.07, 6.45) is 2.04. The highest BCUT2D eigenvalue weighted by Crippen LogP contribution is 2.36. The minimum atomic E-state index is -3.81. The molecular formula is C14H19NO7S. The molecule has 1 atom stereocenters. The second kappa shape index (κ2) is 7.05. The van der Waals surface area contributed by atoms with Crippen LogP contribution in [0.2, 0.25) is 0 Å². The Bertz CT molecular complexity index is 681. The number of nitrogens with one attached hydrogen (secondary N) is 1. The van der Waals surface area contributed by atoms with E-state index in [0.29, 0.717) is 13.0 Å². The number of carboxylic acid groups (broad SMARTS) is 1. The highest BCUT2D eigenvalue weighted by Gasteiger charge is 2.24. The van der Waals surface area contributed by atoms with E-state index in [1.54, 1.807) is 0 Å². The Balaban J connectivity index is 2.23. The minimum Gasteiger partial charge on any atom is -0.503 e. The molecule has 1 unspecified atom stereocenters. The first kappa shape index (κ1) is 17.4. The van der Waals surface area contributed by atoms with Crippen molar-refractivity contribution in [3.05, 3.63) is 17.7 Å². The summed E-state index contributed by atoms with van der Waals surface area (Å²) < 4.78 is 36.9. The number of phenols is 1. The maximum absolute atomic E-state index is 12.2. The van der Waals surface area contributed by atoms with E-state index >= 15 is 0 Å². The maximum atomic E-state index is 12.2. The Labute approximate surface area is 134 Å². The van der Waals surface area contributed by atoms with Crippen LogP contribution in [0.1, 0.15) is 29.6 Å². The number of hydrogen-bond donors (Lipinski definition) is 3. The van der Waals surface area contributed by atoms with Gasteiger partial charge in [-0.05, 0) is 31.4 Å². The van der Waals surface area contributed by atoms with Gasteiger partial charge in [0, 0.05) is 6.61 Å². The lowest BCUT2D eigenvalue weighted by Crippen LogP contribution is -2.31. The van der Waals surface area contributed by atoms with Crippen LogP contribution in [-0.2, 0) is 14.8 Å². The molecule has 9 heteroatoms. The quantitative estimate of drug-likeness (QED) is 0.666. The van der Waals surface area contributed by atoms with Gasteiger partial charge in [0.2, 0.25) is 10.0 Å². The van der Waals surface area contributed by atoms with E-state index in [4.69, 9.17) is 14.6 Å².